The van der Waals surface area contributed by atoms with Gasteiger partial charge in [-0.3, -0.25) is 0 Å². The van der Waals surface area contributed by atoms with Crippen molar-refractivity contribution in [2.45, 2.75) is 104 Å². The Bertz CT molecular complexity index is 2160. The van der Waals surface area contributed by atoms with E-state index < -0.39 is 0 Å². The number of para-hydroxylation sites is 3. The molecule has 0 amide bonds. The van der Waals surface area contributed by atoms with E-state index in [9.17, 15) is 0 Å². The third-order valence-corrected chi connectivity index (χ3v) is 13.3. The summed E-state index contributed by atoms with van der Waals surface area (Å²) in [5.41, 5.74) is 7.03. The van der Waals surface area contributed by atoms with Gasteiger partial charge in [-0.25, -0.2) is 15.0 Å². The molecule has 3 fully saturated rings. The van der Waals surface area contributed by atoms with Crippen LogP contribution < -0.4 is 0 Å². The molecule has 0 aliphatic heterocycles. The van der Waals surface area contributed by atoms with Crippen molar-refractivity contribution in [3.05, 3.63) is 109 Å². The number of hydrogen-bond donors (Lipinski definition) is 0. The van der Waals surface area contributed by atoms with E-state index in [1.165, 1.54) is 77.9 Å². The fourth-order valence-corrected chi connectivity index (χ4v) is 11.8. The average Bonchev–Trinajstić information content (AvgIpc) is 3.47. The van der Waals surface area contributed by atoms with E-state index >= 15 is 0 Å². The Balaban J connectivity index is 1.32. The van der Waals surface area contributed by atoms with Crippen molar-refractivity contribution in [3.63, 3.8) is 0 Å². The molecule has 6 aromatic rings. The van der Waals surface area contributed by atoms with Crippen LogP contribution in [0.25, 0.3) is 50.0 Å². The topological polar surface area (TPSA) is 43.6 Å². The summed E-state index contributed by atoms with van der Waals surface area (Å²) in [6, 6.07) is 35.4. The maximum atomic E-state index is 5.72. The van der Waals surface area contributed by atoms with Gasteiger partial charge in [0.15, 0.2) is 5.82 Å². The molecule has 2 bridgehead atoms. The van der Waals surface area contributed by atoms with Crippen LogP contribution >= 0.6 is 0 Å². The SMILES string of the molecule is CC1CC(c2nc(-c3cccc(-c4ccccc4)c3-n3c4ccccc4c4ccccc43)nc(C34C[C@H](C)C[C@H](C[C@H](C)C3)C4)n2)C[C@@H](C)C[C@H](C)C1. The van der Waals surface area contributed by atoms with Crippen molar-refractivity contribution in [1.82, 2.24) is 19.5 Å². The molecule has 4 aromatic carbocycles. The Hall–Kier alpha value is -4.31. The van der Waals surface area contributed by atoms with Gasteiger partial charge in [-0.15, -0.1) is 0 Å². The molecule has 2 aromatic heterocycles. The highest BCUT2D eigenvalue weighted by molar-refractivity contribution is 6.10. The fraction of sp³-hybridized carbons (Fsp3) is 0.449. The van der Waals surface area contributed by atoms with Crippen molar-refractivity contribution in [2.24, 2.45) is 35.5 Å². The zero-order valence-electron chi connectivity index (χ0n) is 32.4. The van der Waals surface area contributed by atoms with Crippen molar-refractivity contribution < 1.29 is 0 Å². The smallest absolute Gasteiger partial charge is 0.165 e. The lowest BCUT2D eigenvalue weighted by molar-refractivity contribution is 0.0715. The first-order chi connectivity index (χ1) is 25.7. The number of hydrogen-bond acceptors (Lipinski definition) is 3. The van der Waals surface area contributed by atoms with Crippen LogP contribution in [-0.2, 0) is 5.41 Å². The van der Waals surface area contributed by atoms with E-state index in [0.717, 1.165) is 53.4 Å². The molecule has 3 unspecified atom stereocenters. The summed E-state index contributed by atoms with van der Waals surface area (Å²) in [5, 5.41) is 2.52. The quantitative estimate of drug-likeness (QED) is 0.180. The lowest BCUT2D eigenvalue weighted by Gasteiger charge is -2.49. The maximum absolute atomic E-state index is 5.72. The van der Waals surface area contributed by atoms with Crippen LogP contribution in [0.5, 0.6) is 0 Å². The van der Waals surface area contributed by atoms with Gasteiger partial charge in [0.1, 0.15) is 11.6 Å². The maximum Gasteiger partial charge on any atom is 0.165 e. The van der Waals surface area contributed by atoms with Crippen LogP contribution in [0.4, 0.5) is 0 Å². The average molecular weight is 701 g/mol. The third-order valence-electron chi connectivity index (χ3n) is 13.3. The zero-order valence-corrected chi connectivity index (χ0v) is 32.4. The highest BCUT2D eigenvalue weighted by Gasteiger charge is 2.48. The second-order valence-corrected chi connectivity index (χ2v) is 18.2. The summed E-state index contributed by atoms with van der Waals surface area (Å²) in [6.07, 6.45) is 11.1. The fourth-order valence-electron chi connectivity index (χ4n) is 11.8. The van der Waals surface area contributed by atoms with E-state index in [-0.39, 0.29) is 5.41 Å². The molecule has 9 rings (SSSR count). The molecule has 0 N–H and O–H groups in total. The summed E-state index contributed by atoms with van der Waals surface area (Å²) in [6.45, 7) is 12.3. The Morgan fingerprint density at radius 1 is 0.509 bits per heavy atom. The molecule has 4 heteroatoms. The van der Waals surface area contributed by atoms with E-state index in [2.05, 4.69) is 136 Å². The van der Waals surface area contributed by atoms with Gasteiger partial charge in [0.05, 0.1) is 16.7 Å². The van der Waals surface area contributed by atoms with Crippen LogP contribution in [0, 0.1) is 35.5 Å². The molecule has 3 aliphatic rings. The van der Waals surface area contributed by atoms with Crippen molar-refractivity contribution in [1.29, 1.82) is 0 Å². The van der Waals surface area contributed by atoms with Gasteiger partial charge < -0.3 is 4.57 Å². The predicted molar refractivity (Wildman–Crippen MR) is 220 cm³/mol. The number of fused-ring (bicyclic) bond motifs is 5. The molecule has 2 heterocycles. The Morgan fingerprint density at radius 2 is 1.08 bits per heavy atom. The minimum atomic E-state index is 0.00382. The Morgan fingerprint density at radius 3 is 1.72 bits per heavy atom. The van der Waals surface area contributed by atoms with Crippen molar-refractivity contribution in [2.75, 3.05) is 0 Å². The number of rotatable bonds is 5. The van der Waals surface area contributed by atoms with Gasteiger partial charge in [0.2, 0.25) is 0 Å². The largest absolute Gasteiger partial charge is 0.308 e. The first-order valence-corrected chi connectivity index (χ1v) is 20.7. The molecule has 3 saturated carbocycles. The third kappa shape index (κ3) is 6.40. The molecule has 8 atom stereocenters. The van der Waals surface area contributed by atoms with E-state index in [1.54, 1.807) is 0 Å². The summed E-state index contributed by atoms with van der Waals surface area (Å²) < 4.78 is 2.49. The normalized spacial score (nSPS) is 29.2. The monoisotopic (exact) mass is 700 g/mol. The van der Waals surface area contributed by atoms with Crippen LogP contribution in [-0.4, -0.2) is 19.5 Å². The number of nitrogens with zero attached hydrogens (tertiary/aromatic N) is 4. The second-order valence-electron chi connectivity index (χ2n) is 18.2. The second kappa shape index (κ2) is 13.8. The number of aromatic nitrogens is 4. The predicted octanol–water partition coefficient (Wildman–Crippen LogP) is 13.0. The summed E-state index contributed by atoms with van der Waals surface area (Å²) >= 11 is 0. The van der Waals surface area contributed by atoms with Crippen LogP contribution in [0.1, 0.15) is 110 Å². The molecule has 0 saturated heterocycles. The minimum absolute atomic E-state index is 0.00382. The summed E-state index contributed by atoms with van der Waals surface area (Å²) in [5.74, 6) is 7.47. The van der Waals surface area contributed by atoms with E-state index in [1.807, 2.05) is 0 Å². The molecule has 0 radical (unpaired) electrons. The van der Waals surface area contributed by atoms with Crippen LogP contribution in [0.15, 0.2) is 97.1 Å². The van der Waals surface area contributed by atoms with E-state index in [0.29, 0.717) is 29.6 Å². The highest BCUT2D eigenvalue weighted by atomic mass is 15.1. The Kier molecular flexibility index (Phi) is 8.99. The lowest BCUT2D eigenvalue weighted by atomic mass is 9.56. The van der Waals surface area contributed by atoms with Crippen LogP contribution in [0.2, 0.25) is 0 Å². The highest BCUT2D eigenvalue weighted by Crippen LogP contribution is 2.54. The van der Waals surface area contributed by atoms with E-state index in [4.69, 9.17) is 15.0 Å². The molecule has 0 spiro atoms. The van der Waals surface area contributed by atoms with Gasteiger partial charge in [-0.2, -0.15) is 0 Å². The molecule has 53 heavy (non-hydrogen) atoms. The van der Waals surface area contributed by atoms with Crippen molar-refractivity contribution in [3.8, 4) is 28.2 Å². The van der Waals surface area contributed by atoms with Gasteiger partial charge in [0.25, 0.3) is 0 Å². The summed E-state index contributed by atoms with van der Waals surface area (Å²) in [7, 11) is 0. The molecule has 4 nitrogen and oxygen atoms in total. The standard InChI is InChI=1S/C49H56N4/c1-31-22-32(2)26-38(27-33(3)23-31)46-50-47(52-48(51-46)49-28-34(4)24-36(30-49)25-35(5)29-49)42-19-13-18-39(37-14-7-6-8-15-37)45(42)53-43-20-11-9-16-40(43)41-17-10-12-21-44(41)53/h6-21,31-36,38H,22-30H2,1-5H3/t31-,32-,33?,34-,35+,36-,38?,49?/m0/s1. The van der Waals surface area contributed by atoms with Gasteiger partial charge in [0, 0.05) is 33.2 Å². The van der Waals surface area contributed by atoms with Crippen molar-refractivity contribution >= 4 is 21.8 Å². The molecular formula is C49H56N4. The molecule has 272 valence electrons. The Labute approximate surface area is 316 Å². The lowest BCUT2D eigenvalue weighted by Crippen LogP contribution is -2.44. The zero-order chi connectivity index (χ0) is 36.3. The molecular weight excluding hydrogens is 645 g/mol. The van der Waals surface area contributed by atoms with Crippen LogP contribution in [0.3, 0.4) is 0 Å². The summed E-state index contributed by atoms with van der Waals surface area (Å²) in [4.78, 5) is 17.1. The first kappa shape index (κ1) is 34.5. The van der Waals surface area contributed by atoms with Gasteiger partial charge in [-0.1, -0.05) is 113 Å². The number of benzene rings is 4. The van der Waals surface area contributed by atoms with Gasteiger partial charge in [-0.05, 0) is 117 Å². The van der Waals surface area contributed by atoms with Gasteiger partial charge >= 0.3 is 0 Å². The minimum Gasteiger partial charge on any atom is -0.308 e. The molecule has 3 aliphatic carbocycles. The first-order valence-electron chi connectivity index (χ1n) is 20.7.